The normalized spacial score (nSPS) is 10.3. The summed E-state index contributed by atoms with van der Waals surface area (Å²) in [6.45, 7) is -0.00876. The minimum Gasteiger partial charge on any atom is -0.508 e. The Morgan fingerprint density at radius 1 is 1.25 bits per heavy atom. The van der Waals surface area contributed by atoms with Crippen LogP contribution in [0.25, 0.3) is 11.3 Å². The molecule has 0 fully saturated rings. The number of rotatable bonds is 3. The summed E-state index contributed by atoms with van der Waals surface area (Å²) in [5, 5.41) is 25.7. The summed E-state index contributed by atoms with van der Waals surface area (Å²) >= 11 is 0. The van der Waals surface area contributed by atoms with Crippen LogP contribution in [0.5, 0.6) is 5.75 Å². The third kappa shape index (κ3) is 2.32. The first kappa shape index (κ1) is 10.5. The van der Waals surface area contributed by atoms with Crippen LogP contribution >= 0.6 is 0 Å². The molecule has 0 saturated heterocycles. The zero-order valence-corrected chi connectivity index (χ0v) is 8.54. The highest BCUT2D eigenvalue weighted by Crippen LogP contribution is 2.20. The van der Waals surface area contributed by atoms with Crippen molar-refractivity contribution in [2.24, 2.45) is 0 Å². The predicted octanol–water partition coefficient (Wildman–Crippen LogP) is 0.779. The second kappa shape index (κ2) is 4.67. The van der Waals surface area contributed by atoms with Gasteiger partial charge in [-0.3, -0.25) is 0 Å². The lowest BCUT2D eigenvalue weighted by Gasteiger charge is -2.02. The van der Waals surface area contributed by atoms with Crippen molar-refractivity contribution >= 4 is 0 Å². The van der Waals surface area contributed by atoms with E-state index in [2.05, 4.69) is 15.2 Å². The van der Waals surface area contributed by atoms with Crippen LogP contribution in [0.4, 0.5) is 0 Å². The summed E-state index contributed by atoms with van der Waals surface area (Å²) in [6, 6.07) is 6.75. The van der Waals surface area contributed by atoms with Gasteiger partial charge in [0, 0.05) is 12.0 Å². The molecule has 1 aromatic carbocycles. The molecule has 0 saturated carbocycles. The lowest BCUT2D eigenvalue weighted by atomic mass is 10.1. The number of aromatic nitrogens is 3. The molecule has 2 rings (SSSR count). The number of hydrogen-bond donors (Lipinski definition) is 2. The molecule has 16 heavy (non-hydrogen) atoms. The second-order valence-corrected chi connectivity index (χ2v) is 3.28. The van der Waals surface area contributed by atoms with E-state index in [1.807, 2.05) is 6.07 Å². The Morgan fingerprint density at radius 3 is 2.88 bits per heavy atom. The summed E-state index contributed by atoms with van der Waals surface area (Å²) in [6.07, 6.45) is 1.90. The Kier molecular flexibility index (Phi) is 3.07. The first-order chi connectivity index (χ1) is 7.79. The first-order valence-corrected chi connectivity index (χ1v) is 4.88. The molecule has 0 aliphatic carbocycles. The van der Waals surface area contributed by atoms with Crippen molar-refractivity contribution in [1.29, 1.82) is 0 Å². The van der Waals surface area contributed by atoms with Crippen molar-refractivity contribution in [2.45, 2.75) is 6.42 Å². The molecule has 0 unspecified atom stereocenters. The van der Waals surface area contributed by atoms with E-state index in [0.717, 1.165) is 5.56 Å². The number of aliphatic hydroxyl groups excluding tert-OH is 1. The van der Waals surface area contributed by atoms with Crippen molar-refractivity contribution in [1.82, 2.24) is 15.2 Å². The molecule has 0 spiro atoms. The second-order valence-electron chi connectivity index (χ2n) is 3.28. The minimum absolute atomic E-state index is 0.00876. The average Bonchev–Trinajstić information content (AvgIpc) is 2.30. The van der Waals surface area contributed by atoms with Gasteiger partial charge < -0.3 is 10.2 Å². The van der Waals surface area contributed by atoms with Crippen molar-refractivity contribution in [3.8, 4) is 17.0 Å². The average molecular weight is 217 g/mol. The predicted molar refractivity (Wildman–Crippen MR) is 57.7 cm³/mol. The molecular weight excluding hydrogens is 206 g/mol. The third-order valence-corrected chi connectivity index (χ3v) is 2.08. The fourth-order valence-electron chi connectivity index (χ4n) is 1.35. The Bertz CT molecular complexity index is 488. The molecule has 0 radical (unpaired) electrons. The van der Waals surface area contributed by atoms with E-state index in [9.17, 15) is 5.11 Å². The SMILES string of the molecule is OCCc1nncc(-c2cccc(O)c2)n1. The summed E-state index contributed by atoms with van der Waals surface area (Å²) in [5.41, 5.74) is 1.41. The Labute approximate surface area is 92.4 Å². The molecule has 0 atom stereocenters. The number of aromatic hydroxyl groups is 1. The molecule has 5 heteroatoms. The van der Waals surface area contributed by atoms with Crippen LogP contribution < -0.4 is 0 Å². The maximum Gasteiger partial charge on any atom is 0.153 e. The van der Waals surface area contributed by atoms with E-state index in [0.29, 0.717) is 17.9 Å². The third-order valence-electron chi connectivity index (χ3n) is 2.08. The quantitative estimate of drug-likeness (QED) is 0.794. The van der Waals surface area contributed by atoms with Gasteiger partial charge in [-0.15, -0.1) is 5.10 Å². The van der Waals surface area contributed by atoms with Crippen molar-refractivity contribution in [3.05, 3.63) is 36.3 Å². The van der Waals surface area contributed by atoms with Crippen LogP contribution in [-0.2, 0) is 6.42 Å². The molecule has 82 valence electrons. The molecule has 1 heterocycles. The molecule has 0 amide bonds. The fourth-order valence-corrected chi connectivity index (χ4v) is 1.35. The highest BCUT2D eigenvalue weighted by Gasteiger charge is 2.03. The van der Waals surface area contributed by atoms with Gasteiger partial charge in [-0.1, -0.05) is 12.1 Å². The summed E-state index contributed by atoms with van der Waals surface area (Å²) in [4.78, 5) is 4.23. The van der Waals surface area contributed by atoms with Crippen LogP contribution in [0.2, 0.25) is 0 Å². The molecule has 0 bridgehead atoms. The topological polar surface area (TPSA) is 79.1 Å². The van der Waals surface area contributed by atoms with Crippen LogP contribution in [0, 0.1) is 0 Å². The van der Waals surface area contributed by atoms with Crippen molar-refractivity contribution in [2.75, 3.05) is 6.61 Å². The molecule has 0 aliphatic rings. The van der Waals surface area contributed by atoms with E-state index < -0.39 is 0 Å². The van der Waals surface area contributed by atoms with Crippen LogP contribution in [0.1, 0.15) is 5.82 Å². The van der Waals surface area contributed by atoms with E-state index in [4.69, 9.17) is 5.11 Å². The first-order valence-electron chi connectivity index (χ1n) is 4.88. The molecular formula is C11H11N3O2. The summed E-state index contributed by atoms with van der Waals surface area (Å²) in [5.74, 6) is 0.670. The van der Waals surface area contributed by atoms with Gasteiger partial charge in [-0.05, 0) is 12.1 Å². The largest absolute Gasteiger partial charge is 0.508 e. The van der Waals surface area contributed by atoms with Crippen molar-refractivity contribution in [3.63, 3.8) is 0 Å². The molecule has 0 aliphatic heterocycles. The van der Waals surface area contributed by atoms with E-state index in [1.165, 1.54) is 6.20 Å². The summed E-state index contributed by atoms with van der Waals surface area (Å²) in [7, 11) is 0. The number of phenols is 1. The van der Waals surface area contributed by atoms with Gasteiger partial charge in [0.15, 0.2) is 5.82 Å². The molecule has 2 aromatic rings. The maximum atomic E-state index is 9.34. The zero-order chi connectivity index (χ0) is 11.4. The van der Waals surface area contributed by atoms with Crippen molar-refractivity contribution < 1.29 is 10.2 Å². The minimum atomic E-state index is -0.00876. The lowest BCUT2D eigenvalue weighted by molar-refractivity contribution is 0.296. The number of nitrogens with zero attached hydrogens (tertiary/aromatic N) is 3. The van der Waals surface area contributed by atoms with Crippen LogP contribution in [0.3, 0.4) is 0 Å². The van der Waals surface area contributed by atoms with Gasteiger partial charge in [-0.25, -0.2) is 4.98 Å². The summed E-state index contributed by atoms with van der Waals surface area (Å²) < 4.78 is 0. The van der Waals surface area contributed by atoms with Gasteiger partial charge >= 0.3 is 0 Å². The zero-order valence-electron chi connectivity index (χ0n) is 8.54. The standard InChI is InChI=1S/C11H11N3O2/c15-5-4-11-13-10(7-12-14-11)8-2-1-3-9(16)6-8/h1-3,6-7,15-16H,4-5H2. The highest BCUT2D eigenvalue weighted by atomic mass is 16.3. The van der Waals surface area contributed by atoms with Gasteiger partial charge in [0.05, 0.1) is 18.5 Å². The highest BCUT2D eigenvalue weighted by molar-refractivity contribution is 5.59. The molecule has 1 aromatic heterocycles. The Morgan fingerprint density at radius 2 is 2.12 bits per heavy atom. The van der Waals surface area contributed by atoms with Gasteiger partial charge in [0.1, 0.15) is 5.75 Å². The van der Waals surface area contributed by atoms with Gasteiger partial charge in [0.25, 0.3) is 0 Å². The Hall–Kier alpha value is -2.01. The number of hydrogen-bond acceptors (Lipinski definition) is 5. The Balaban J connectivity index is 2.36. The van der Waals surface area contributed by atoms with Gasteiger partial charge in [-0.2, -0.15) is 5.10 Å². The monoisotopic (exact) mass is 217 g/mol. The number of benzene rings is 1. The van der Waals surface area contributed by atoms with Gasteiger partial charge in [0.2, 0.25) is 0 Å². The lowest BCUT2D eigenvalue weighted by Crippen LogP contribution is -2.01. The smallest absolute Gasteiger partial charge is 0.153 e. The maximum absolute atomic E-state index is 9.34. The number of phenolic OH excluding ortho intramolecular Hbond substituents is 1. The fraction of sp³-hybridized carbons (Fsp3) is 0.182. The van der Waals surface area contributed by atoms with Crippen LogP contribution in [0.15, 0.2) is 30.5 Å². The van der Waals surface area contributed by atoms with E-state index in [-0.39, 0.29) is 12.4 Å². The van der Waals surface area contributed by atoms with Crippen LogP contribution in [-0.4, -0.2) is 32.0 Å². The number of aliphatic hydroxyl groups is 1. The molecule has 2 N–H and O–H groups in total. The van der Waals surface area contributed by atoms with E-state index in [1.54, 1.807) is 18.2 Å². The molecule has 5 nitrogen and oxygen atoms in total. The van der Waals surface area contributed by atoms with E-state index >= 15 is 0 Å².